The Morgan fingerprint density at radius 2 is 1.80 bits per heavy atom. The number of rotatable bonds is 2. The monoisotopic (exact) mass is 495 g/mol. The van der Waals surface area contributed by atoms with Crippen molar-refractivity contribution in [2.45, 2.75) is 70.8 Å². The van der Waals surface area contributed by atoms with Crippen molar-refractivity contribution < 1.29 is 27.5 Å². The van der Waals surface area contributed by atoms with Crippen LogP contribution in [0.4, 0.5) is 19.0 Å². The fraction of sp³-hybridized carbons (Fsp3) is 0.667. The van der Waals surface area contributed by atoms with Crippen LogP contribution in [0.1, 0.15) is 53.0 Å². The van der Waals surface area contributed by atoms with Gasteiger partial charge in [-0.25, -0.2) is 4.79 Å². The molecule has 2 saturated heterocycles. The van der Waals surface area contributed by atoms with Crippen LogP contribution in [0.3, 0.4) is 0 Å². The van der Waals surface area contributed by atoms with Crippen molar-refractivity contribution in [2.75, 3.05) is 37.6 Å². The molecule has 35 heavy (non-hydrogen) atoms. The minimum Gasteiger partial charge on any atom is -0.450 e. The second-order valence-corrected chi connectivity index (χ2v) is 10.6. The first kappa shape index (κ1) is 25.4. The summed E-state index contributed by atoms with van der Waals surface area (Å²) < 4.78 is 45.1. The second kappa shape index (κ2) is 8.76. The standard InChI is InChI=1S/C24H32F3N5O3/c1-15-14-30(18-12-17(13-28-29-18)24(25,26)27)10-11-32(15)20(33)19-16(2)21(34)35-23(19)6-8-31(9-7-23)22(3,4)5/h12-13,15H,6-11,14H2,1-5H3. The number of alkyl halides is 3. The van der Waals surface area contributed by atoms with Gasteiger partial charge < -0.3 is 14.5 Å². The van der Waals surface area contributed by atoms with Gasteiger partial charge >= 0.3 is 12.1 Å². The maximum absolute atomic E-state index is 13.8. The van der Waals surface area contributed by atoms with Gasteiger partial charge in [0.05, 0.1) is 17.3 Å². The van der Waals surface area contributed by atoms with Gasteiger partial charge in [-0.2, -0.15) is 18.3 Å². The van der Waals surface area contributed by atoms with Crippen molar-refractivity contribution >= 4 is 17.7 Å². The van der Waals surface area contributed by atoms with Crippen LogP contribution in [0.15, 0.2) is 23.4 Å². The van der Waals surface area contributed by atoms with Gasteiger partial charge in [-0.3, -0.25) is 9.69 Å². The van der Waals surface area contributed by atoms with Crippen LogP contribution in [0.2, 0.25) is 0 Å². The maximum Gasteiger partial charge on any atom is 0.418 e. The van der Waals surface area contributed by atoms with Crippen molar-refractivity contribution in [2.24, 2.45) is 0 Å². The number of anilines is 1. The van der Waals surface area contributed by atoms with Crippen LogP contribution >= 0.6 is 0 Å². The third-order valence-corrected chi connectivity index (χ3v) is 7.34. The zero-order valence-corrected chi connectivity index (χ0v) is 20.8. The molecule has 4 heterocycles. The van der Waals surface area contributed by atoms with E-state index in [1.54, 1.807) is 16.7 Å². The van der Waals surface area contributed by atoms with E-state index in [1.807, 2.05) is 6.92 Å². The Kier molecular flexibility index (Phi) is 6.36. The van der Waals surface area contributed by atoms with Crippen LogP contribution in [0.25, 0.3) is 0 Å². The van der Waals surface area contributed by atoms with Gasteiger partial charge in [-0.05, 0) is 40.7 Å². The highest BCUT2D eigenvalue weighted by Crippen LogP contribution is 2.43. The summed E-state index contributed by atoms with van der Waals surface area (Å²) in [6.07, 6.45) is -2.72. The van der Waals surface area contributed by atoms with Crippen molar-refractivity contribution in [3.63, 3.8) is 0 Å². The molecule has 0 aromatic carbocycles. The Morgan fingerprint density at radius 1 is 1.14 bits per heavy atom. The molecule has 1 unspecified atom stereocenters. The van der Waals surface area contributed by atoms with E-state index in [9.17, 15) is 22.8 Å². The SMILES string of the molecule is CC1=C(C(=O)N2CCN(c3cc(C(F)(F)F)cnn3)CC2C)C2(CCN(C(C)(C)C)CC2)OC1=O. The van der Waals surface area contributed by atoms with Crippen LogP contribution in [-0.4, -0.2) is 81.8 Å². The zero-order chi connectivity index (χ0) is 25.8. The molecule has 0 radical (unpaired) electrons. The van der Waals surface area contributed by atoms with E-state index >= 15 is 0 Å². The van der Waals surface area contributed by atoms with Gasteiger partial charge in [0.1, 0.15) is 5.60 Å². The highest BCUT2D eigenvalue weighted by atomic mass is 19.4. The third-order valence-electron chi connectivity index (χ3n) is 7.34. The molecule has 1 spiro atoms. The van der Waals surface area contributed by atoms with Crippen molar-refractivity contribution in [1.82, 2.24) is 20.0 Å². The van der Waals surface area contributed by atoms with Gasteiger partial charge in [0.2, 0.25) is 0 Å². The summed E-state index contributed by atoms with van der Waals surface area (Å²) in [4.78, 5) is 32.1. The lowest BCUT2D eigenvalue weighted by atomic mass is 9.81. The molecule has 0 saturated carbocycles. The van der Waals surface area contributed by atoms with Gasteiger partial charge in [-0.15, -0.1) is 5.10 Å². The topological polar surface area (TPSA) is 78.9 Å². The van der Waals surface area contributed by atoms with Crippen LogP contribution in [0, 0.1) is 0 Å². The predicted molar refractivity (Wildman–Crippen MR) is 123 cm³/mol. The smallest absolute Gasteiger partial charge is 0.418 e. The molecule has 1 aromatic heterocycles. The van der Waals surface area contributed by atoms with Crippen molar-refractivity contribution in [3.8, 4) is 0 Å². The predicted octanol–water partition coefficient (Wildman–Crippen LogP) is 3.04. The van der Waals surface area contributed by atoms with E-state index in [-0.39, 0.29) is 29.9 Å². The van der Waals surface area contributed by atoms with E-state index < -0.39 is 23.3 Å². The summed E-state index contributed by atoms with van der Waals surface area (Å²) >= 11 is 0. The van der Waals surface area contributed by atoms with E-state index in [0.29, 0.717) is 56.4 Å². The van der Waals surface area contributed by atoms with Crippen LogP contribution < -0.4 is 4.90 Å². The molecule has 8 nitrogen and oxygen atoms in total. The number of amides is 1. The number of carbonyl (C=O) groups excluding carboxylic acids is 2. The molecule has 0 N–H and O–H groups in total. The molecule has 3 aliphatic heterocycles. The van der Waals surface area contributed by atoms with Crippen molar-refractivity contribution in [3.05, 3.63) is 29.0 Å². The largest absolute Gasteiger partial charge is 0.450 e. The third kappa shape index (κ3) is 4.74. The number of piperazine rings is 1. The Morgan fingerprint density at radius 3 is 2.37 bits per heavy atom. The summed E-state index contributed by atoms with van der Waals surface area (Å²) in [5.41, 5.74) is -1.04. The number of esters is 1. The van der Waals surface area contributed by atoms with Gasteiger partial charge in [0.25, 0.3) is 5.91 Å². The van der Waals surface area contributed by atoms with Gasteiger partial charge in [0.15, 0.2) is 5.82 Å². The lowest BCUT2D eigenvalue weighted by Crippen LogP contribution is -2.58. The van der Waals surface area contributed by atoms with E-state index in [1.165, 1.54) is 0 Å². The molecule has 1 aromatic rings. The highest BCUT2D eigenvalue weighted by Gasteiger charge is 2.53. The number of hydrogen-bond acceptors (Lipinski definition) is 7. The molecular weight excluding hydrogens is 463 g/mol. The molecule has 192 valence electrons. The van der Waals surface area contributed by atoms with Crippen molar-refractivity contribution in [1.29, 1.82) is 0 Å². The van der Waals surface area contributed by atoms with E-state index in [2.05, 4.69) is 35.9 Å². The molecule has 11 heteroatoms. The number of ether oxygens (including phenoxy) is 1. The minimum absolute atomic E-state index is 0.0235. The van der Waals surface area contributed by atoms with Crippen LogP contribution in [-0.2, 0) is 20.5 Å². The molecule has 1 atom stereocenters. The number of nitrogens with zero attached hydrogens (tertiary/aromatic N) is 5. The second-order valence-electron chi connectivity index (χ2n) is 10.6. The molecule has 1 amide bonds. The maximum atomic E-state index is 13.8. The summed E-state index contributed by atoms with van der Waals surface area (Å²) in [6, 6.07) is 0.668. The average Bonchev–Trinajstić information content (AvgIpc) is 3.01. The Labute approximate surface area is 203 Å². The molecule has 0 aliphatic carbocycles. The molecule has 2 fully saturated rings. The van der Waals surface area contributed by atoms with Gasteiger partial charge in [0, 0.05) is 62.7 Å². The lowest BCUT2D eigenvalue weighted by Gasteiger charge is -2.46. The van der Waals surface area contributed by atoms with E-state index in [4.69, 9.17) is 4.74 Å². The van der Waals surface area contributed by atoms with Crippen LogP contribution in [0.5, 0.6) is 0 Å². The summed E-state index contributed by atoms with van der Waals surface area (Å²) in [5, 5.41) is 7.38. The fourth-order valence-corrected chi connectivity index (χ4v) is 5.27. The zero-order valence-electron chi connectivity index (χ0n) is 20.8. The minimum atomic E-state index is -4.51. The summed E-state index contributed by atoms with van der Waals surface area (Å²) in [7, 11) is 0. The first-order valence-corrected chi connectivity index (χ1v) is 11.9. The number of halogens is 3. The Bertz CT molecular complexity index is 1040. The summed E-state index contributed by atoms with van der Waals surface area (Å²) in [5.74, 6) is -0.567. The quantitative estimate of drug-likeness (QED) is 0.584. The number of aromatic nitrogens is 2. The average molecular weight is 496 g/mol. The molecule has 4 rings (SSSR count). The lowest BCUT2D eigenvalue weighted by molar-refractivity contribution is -0.152. The molecular formula is C24H32F3N5O3. The Balaban J connectivity index is 1.51. The first-order valence-electron chi connectivity index (χ1n) is 11.9. The number of carbonyl (C=O) groups is 2. The summed E-state index contributed by atoms with van der Waals surface area (Å²) in [6.45, 7) is 12.2. The Hall–Kier alpha value is -2.69. The number of likely N-dealkylation sites (tertiary alicyclic amines) is 1. The number of piperidine rings is 1. The molecule has 0 bridgehead atoms. The highest BCUT2D eigenvalue weighted by molar-refractivity contribution is 6.07. The normalized spacial score (nSPS) is 23.8. The first-order chi connectivity index (χ1) is 16.2. The van der Waals surface area contributed by atoms with E-state index in [0.717, 1.165) is 6.07 Å². The van der Waals surface area contributed by atoms with Gasteiger partial charge in [-0.1, -0.05) is 0 Å². The molecule has 3 aliphatic rings. The number of hydrogen-bond donors (Lipinski definition) is 0. The fourth-order valence-electron chi connectivity index (χ4n) is 5.27.